The summed E-state index contributed by atoms with van der Waals surface area (Å²) < 4.78 is 30.2. The molecular weight excluding hydrogens is 550 g/mol. The minimum absolute atomic E-state index is 0.000847. The fourth-order valence-corrected chi connectivity index (χ4v) is 4.86. The van der Waals surface area contributed by atoms with E-state index in [1.54, 1.807) is 42.2 Å². The summed E-state index contributed by atoms with van der Waals surface area (Å²) in [6.07, 6.45) is 0.714. The zero-order valence-corrected chi connectivity index (χ0v) is 23.1. The van der Waals surface area contributed by atoms with Gasteiger partial charge in [-0.1, -0.05) is 42.8 Å². The predicted molar refractivity (Wildman–Crippen MR) is 155 cm³/mol. The fraction of sp³-hybridized carbons (Fsp3) is 0.233. The Labute approximate surface area is 241 Å². The maximum atomic E-state index is 14.2. The van der Waals surface area contributed by atoms with Crippen LogP contribution in [0.2, 0.25) is 5.02 Å². The Morgan fingerprint density at radius 3 is 2.51 bits per heavy atom. The summed E-state index contributed by atoms with van der Waals surface area (Å²) in [5.41, 5.74) is 9.34. The van der Waals surface area contributed by atoms with Crippen molar-refractivity contribution in [3.63, 3.8) is 0 Å². The third kappa shape index (κ3) is 6.39. The lowest BCUT2D eigenvalue weighted by Crippen LogP contribution is -2.47. The van der Waals surface area contributed by atoms with E-state index in [1.165, 1.54) is 24.3 Å². The van der Waals surface area contributed by atoms with Gasteiger partial charge in [0.25, 0.3) is 0 Å². The average molecular weight is 579 g/mol. The van der Waals surface area contributed by atoms with Gasteiger partial charge < -0.3 is 25.8 Å². The van der Waals surface area contributed by atoms with Crippen molar-refractivity contribution in [2.75, 3.05) is 17.2 Å². The molecule has 5 rings (SSSR count). The molecule has 212 valence electrons. The molecule has 0 spiro atoms. The molecule has 8 nitrogen and oxygen atoms in total. The summed E-state index contributed by atoms with van der Waals surface area (Å²) in [5, 5.41) is 6.00. The Bertz CT molecular complexity index is 1590. The number of hydrogen-bond donors (Lipinski definition) is 3. The Morgan fingerprint density at radius 1 is 1.05 bits per heavy atom. The molecule has 3 aromatic carbocycles. The molecule has 0 saturated heterocycles. The first-order valence-electron chi connectivity index (χ1n) is 13.2. The van der Waals surface area contributed by atoms with Crippen LogP contribution in [-0.4, -0.2) is 38.9 Å². The maximum Gasteiger partial charge on any atom is 0.240 e. The maximum absolute atomic E-state index is 14.2. The Morgan fingerprint density at radius 2 is 1.80 bits per heavy atom. The van der Waals surface area contributed by atoms with E-state index in [9.17, 15) is 18.4 Å². The molecular formula is C30H29ClF2N6O2. The number of hydrogen-bond acceptors (Lipinski definition) is 5. The van der Waals surface area contributed by atoms with E-state index in [0.717, 1.165) is 5.56 Å². The molecule has 1 atom stereocenters. The zero-order chi connectivity index (χ0) is 29.1. The van der Waals surface area contributed by atoms with Crippen LogP contribution in [0.25, 0.3) is 11.3 Å². The quantitative estimate of drug-likeness (QED) is 0.257. The highest BCUT2D eigenvalue weighted by atomic mass is 35.5. The second kappa shape index (κ2) is 12.1. The molecule has 0 radical (unpaired) electrons. The summed E-state index contributed by atoms with van der Waals surface area (Å²) in [6.45, 7) is 2.76. The minimum atomic E-state index is -0.773. The van der Waals surface area contributed by atoms with E-state index in [1.807, 2.05) is 16.7 Å². The van der Waals surface area contributed by atoms with Gasteiger partial charge in [-0.3, -0.25) is 9.59 Å². The average Bonchev–Trinajstić information content (AvgIpc) is 3.33. The topological polar surface area (TPSA) is 105 Å². The smallest absolute Gasteiger partial charge is 0.240 e. The lowest BCUT2D eigenvalue weighted by Gasteiger charge is -2.30. The number of anilines is 3. The Hall–Kier alpha value is -4.28. The lowest BCUT2D eigenvalue weighted by atomic mass is 10.0. The molecule has 4 aromatic rings. The molecule has 0 fully saturated rings. The van der Waals surface area contributed by atoms with Crippen molar-refractivity contribution < 1.29 is 18.4 Å². The van der Waals surface area contributed by atoms with Crippen LogP contribution >= 0.6 is 11.6 Å². The normalized spacial score (nSPS) is 13.4. The van der Waals surface area contributed by atoms with Gasteiger partial charge in [0.2, 0.25) is 11.8 Å². The lowest BCUT2D eigenvalue weighted by molar-refractivity contribution is -0.134. The van der Waals surface area contributed by atoms with Crippen molar-refractivity contribution in [1.82, 2.24) is 14.5 Å². The number of halogens is 3. The number of benzene rings is 3. The molecule has 41 heavy (non-hydrogen) atoms. The number of rotatable bonds is 8. The van der Waals surface area contributed by atoms with E-state index in [4.69, 9.17) is 22.3 Å². The number of imidazole rings is 1. The molecule has 2 heterocycles. The number of nitrogens with one attached hydrogen (secondary N) is 2. The van der Waals surface area contributed by atoms with E-state index in [2.05, 4.69) is 10.6 Å². The molecule has 4 N–H and O–H groups in total. The fourth-order valence-electron chi connectivity index (χ4n) is 4.74. The zero-order valence-electron chi connectivity index (χ0n) is 22.3. The molecule has 1 aliphatic heterocycles. The first-order chi connectivity index (χ1) is 19.7. The third-order valence-corrected chi connectivity index (χ3v) is 7.20. The molecule has 0 aliphatic carbocycles. The predicted octanol–water partition coefficient (Wildman–Crippen LogP) is 5.49. The minimum Gasteiger partial charge on any atom is -0.340 e. The summed E-state index contributed by atoms with van der Waals surface area (Å²) in [4.78, 5) is 31.3. The van der Waals surface area contributed by atoms with Gasteiger partial charge in [-0.25, -0.2) is 13.8 Å². The molecule has 0 saturated carbocycles. The second-order valence-corrected chi connectivity index (χ2v) is 10.2. The summed E-state index contributed by atoms with van der Waals surface area (Å²) in [5.74, 6) is -0.145. The van der Waals surface area contributed by atoms with Gasteiger partial charge in [0.1, 0.15) is 29.0 Å². The number of aromatic nitrogens is 2. The van der Waals surface area contributed by atoms with Crippen LogP contribution in [0.4, 0.5) is 26.0 Å². The SMILES string of the molecule is CCC(=O)Nc1ccc(C[C@H](N)C(=O)N2CCn3c(nc(-c4cccc(F)c4)c3Nc3ccc(Cl)c(F)c3)C2)cc1. The van der Waals surface area contributed by atoms with Crippen molar-refractivity contribution in [2.45, 2.75) is 38.9 Å². The molecule has 1 aliphatic rings. The van der Waals surface area contributed by atoms with Crippen LogP contribution in [-0.2, 0) is 29.1 Å². The highest BCUT2D eigenvalue weighted by molar-refractivity contribution is 6.30. The van der Waals surface area contributed by atoms with E-state index in [-0.39, 0.29) is 23.4 Å². The molecule has 0 bridgehead atoms. The number of carbonyl (C=O) groups is 2. The van der Waals surface area contributed by atoms with Gasteiger partial charge in [-0.05, 0) is 54.4 Å². The van der Waals surface area contributed by atoms with Gasteiger partial charge >= 0.3 is 0 Å². The Kier molecular flexibility index (Phi) is 8.32. The van der Waals surface area contributed by atoms with E-state index < -0.39 is 17.7 Å². The highest BCUT2D eigenvalue weighted by Crippen LogP contribution is 2.34. The second-order valence-electron chi connectivity index (χ2n) is 9.81. The van der Waals surface area contributed by atoms with Crippen LogP contribution in [0.1, 0.15) is 24.7 Å². The van der Waals surface area contributed by atoms with Gasteiger partial charge in [-0.2, -0.15) is 0 Å². The van der Waals surface area contributed by atoms with Crippen molar-refractivity contribution in [2.24, 2.45) is 5.73 Å². The summed E-state index contributed by atoms with van der Waals surface area (Å²) >= 11 is 5.85. The van der Waals surface area contributed by atoms with Crippen molar-refractivity contribution in [1.29, 1.82) is 0 Å². The van der Waals surface area contributed by atoms with Crippen LogP contribution in [0.15, 0.2) is 66.7 Å². The summed E-state index contributed by atoms with van der Waals surface area (Å²) in [6, 6.07) is 16.9. The number of nitrogens with two attached hydrogens (primary N) is 1. The standard InChI is InChI=1S/C30H29ClF2N6O2/c1-2-27(40)35-21-8-6-18(7-9-21)14-25(34)30(41)38-12-13-39-26(17-38)37-28(19-4-3-5-20(32)15-19)29(39)36-22-10-11-23(31)24(33)16-22/h3-11,15-16,25,36H,2,12-14,17,34H2,1H3,(H,35,40)/t25-/m0/s1. The number of amides is 2. The van der Waals surface area contributed by atoms with E-state index in [0.29, 0.717) is 60.2 Å². The van der Waals surface area contributed by atoms with Gasteiger partial charge in [0.05, 0.1) is 17.6 Å². The van der Waals surface area contributed by atoms with Gasteiger partial charge in [-0.15, -0.1) is 0 Å². The van der Waals surface area contributed by atoms with Crippen molar-refractivity contribution in [3.8, 4) is 11.3 Å². The monoisotopic (exact) mass is 578 g/mol. The number of nitrogens with zero attached hydrogens (tertiary/aromatic N) is 3. The highest BCUT2D eigenvalue weighted by Gasteiger charge is 2.29. The number of carbonyl (C=O) groups excluding carboxylic acids is 2. The summed E-state index contributed by atoms with van der Waals surface area (Å²) in [7, 11) is 0. The molecule has 1 aromatic heterocycles. The first kappa shape index (κ1) is 28.3. The Balaban J connectivity index is 1.35. The van der Waals surface area contributed by atoms with Crippen LogP contribution in [0, 0.1) is 11.6 Å². The van der Waals surface area contributed by atoms with Crippen LogP contribution < -0.4 is 16.4 Å². The molecule has 2 amide bonds. The van der Waals surface area contributed by atoms with Crippen molar-refractivity contribution >= 4 is 40.6 Å². The first-order valence-corrected chi connectivity index (χ1v) is 13.6. The molecule has 0 unspecified atom stereocenters. The van der Waals surface area contributed by atoms with E-state index >= 15 is 0 Å². The van der Waals surface area contributed by atoms with Crippen LogP contribution in [0.3, 0.4) is 0 Å². The van der Waals surface area contributed by atoms with Gasteiger partial charge in [0, 0.05) is 36.4 Å². The third-order valence-electron chi connectivity index (χ3n) is 6.90. The van der Waals surface area contributed by atoms with Crippen molar-refractivity contribution in [3.05, 3.63) is 94.8 Å². The van der Waals surface area contributed by atoms with Crippen LogP contribution in [0.5, 0.6) is 0 Å². The number of fused-ring (bicyclic) bond motifs is 1. The largest absolute Gasteiger partial charge is 0.340 e. The van der Waals surface area contributed by atoms with Gasteiger partial charge in [0.15, 0.2) is 0 Å². The molecule has 11 heteroatoms.